The van der Waals surface area contributed by atoms with Crippen molar-refractivity contribution in [1.82, 2.24) is 10.2 Å². The minimum Gasteiger partial charge on any atom is -0.341 e. The van der Waals surface area contributed by atoms with Gasteiger partial charge in [-0.05, 0) is 32.7 Å². The van der Waals surface area contributed by atoms with Gasteiger partial charge < -0.3 is 10.2 Å². The summed E-state index contributed by atoms with van der Waals surface area (Å²) in [6, 6.07) is 0.521. The minimum atomic E-state index is 0. The first-order valence-electron chi connectivity index (χ1n) is 5.77. The van der Waals surface area contributed by atoms with Gasteiger partial charge in [0.2, 0.25) is 5.91 Å². The number of nitrogens with zero attached hydrogens (tertiary/aromatic N) is 1. The number of halogens is 1. The highest BCUT2D eigenvalue weighted by Gasteiger charge is 2.31. The summed E-state index contributed by atoms with van der Waals surface area (Å²) in [5.74, 6) is 0.779. The monoisotopic (exact) mass is 232 g/mol. The van der Waals surface area contributed by atoms with Crippen molar-refractivity contribution in [3.8, 4) is 0 Å². The van der Waals surface area contributed by atoms with Crippen molar-refractivity contribution in [3.05, 3.63) is 0 Å². The van der Waals surface area contributed by atoms with Gasteiger partial charge in [0.05, 0.1) is 0 Å². The van der Waals surface area contributed by atoms with Crippen molar-refractivity contribution < 1.29 is 4.79 Å². The van der Waals surface area contributed by atoms with E-state index in [1.807, 2.05) is 7.05 Å². The van der Waals surface area contributed by atoms with Gasteiger partial charge in [0, 0.05) is 25.0 Å². The molecule has 0 unspecified atom stereocenters. The zero-order chi connectivity index (χ0) is 9.97. The summed E-state index contributed by atoms with van der Waals surface area (Å²) in [7, 11) is 1.99. The van der Waals surface area contributed by atoms with E-state index in [9.17, 15) is 4.79 Å². The van der Waals surface area contributed by atoms with E-state index in [2.05, 4.69) is 10.2 Å². The number of likely N-dealkylation sites (tertiary alicyclic amines) is 1. The topological polar surface area (TPSA) is 32.3 Å². The third-order valence-electron chi connectivity index (χ3n) is 3.60. The third-order valence-corrected chi connectivity index (χ3v) is 3.60. The lowest BCUT2D eigenvalue weighted by Gasteiger charge is -2.37. The van der Waals surface area contributed by atoms with Gasteiger partial charge in [0.25, 0.3) is 0 Å². The smallest absolute Gasteiger partial charge is 0.225 e. The Bertz CT molecular complexity index is 219. The van der Waals surface area contributed by atoms with Gasteiger partial charge in [0.1, 0.15) is 0 Å². The molecule has 0 spiro atoms. The molecule has 1 aliphatic heterocycles. The lowest BCUT2D eigenvalue weighted by Crippen LogP contribution is -2.49. The third kappa shape index (κ3) is 2.85. The van der Waals surface area contributed by atoms with Crippen LogP contribution in [0.25, 0.3) is 0 Å². The molecule has 3 nitrogen and oxygen atoms in total. The summed E-state index contributed by atoms with van der Waals surface area (Å²) in [4.78, 5) is 14.0. The summed E-state index contributed by atoms with van der Waals surface area (Å²) in [5.41, 5.74) is 0. The second-order valence-corrected chi connectivity index (χ2v) is 4.54. The molecule has 0 aromatic carbocycles. The fourth-order valence-electron chi connectivity index (χ4n) is 2.33. The van der Waals surface area contributed by atoms with E-state index in [-0.39, 0.29) is 12.4 Å². The molecule has 0 radical (unpaired) electrons. The van der Waals surface area contributed by atoms with E-state index in [4.69, 9.17) is 0 Å². The highest BCUT2D eigenvalue weighted by molar-refractivity contribution is 5.85. The standard InChI is InChI=1S/C11H20N2O.ClH/c1-12-10-6-3-7-13(8-10)11(14)9-4-2-5-9;/h9-10,12H,2-8H2,1H3;1H/t10-;/m0./s1. The molecule has 0 aromatic rings. The van der Waals surface area contributed by atoms with Crippen LogP contribution in [-0.4, -0.2) is 37.0 Å². The Morgan fingerprint density at radius 2 is 2.00 bits per heavy atom. The van der Waals surface area contributed by atoms with Crippen molar-refractivity contribution in [1.29, 1.82) is 0 Å². The Morgan fingerprint density at radius 3 is 2.53 bits per heavy atom. The molecular weight excluding hydrogens is 212 g/mol. The van der Waals surface area contributed by atoms with E-state index in [0.29, 0.717) is 17.9 Å². The summed E-state index contributed by atoms with van der Waals surface area (Å²) in [6.45, 7) is 1.90. The molecule has 88 valence electrons. The molecule has 1 aliphatic carbocycles. The lowest BCUT2D eigenvalue weighted by molar-refractivity contribution is -0.139. The Balaban J connectivity index is 0.00000112. The average molecular weight is 233 g/mol. The molecule has 2 rings (SSSR count). The number of hydrogen-bond donors (Lipinski definition) is 1. The van der Waals surface area contributed by atoms with E-state index >= 15 is 0 Å². The number of rotatable bonds is 2. The second-order valence-electron chi connectivity index (χ2n) is 4.54. The Kier molecular flexibility index (Phi) is 4.87. The molecule has 0 aromatic heterocycles. The number of piperidine rings is 1. The Labute approximate surface area is 98.0 Å². The van der Waals surface area contributed by atoms with Crippen LogP contribution in [-0.2, 0) is 4.79 Å². The number of hydrogen-bond acceptors (Lipinski definition) is 2. The van der Waals surface area contributed by atoms with Gasteiger partial charge in [-0.25, -0.2) is 0 Å². The minimum absolute atomic E-state index is 0. The van der Waals surface area contributed by atoms with Crippen LogP contribution in [0.1, 0.15) is 32.1 Å². The van der Waals surface area contributed by atoms with Crippen LogP contribution >= 0.6 is 12.4 Å². The molecule has 4 heteroatoms. The largest absolute Gasteiger partial charge is 0.341 e. The van der Waals surface area contributed by atoms with Gasteiger partial charge in [-0.2, -0.15) is 0 Å². The van der Waals surface area contributed by atoms with Crippen LogP contribution < -0.4 is 5.32 Å². The Morgan fingerprint density at radius 1 is 1.27 bits per heavy atom. The molecule has 15 heavy (non-hydrogen) atoms. The zero-order valence-electron chi connectivity index (χ0n) is 9.37. The maximum absolute atomic E-state index is 11.9. The van der Waals surface area contributed by atoms with Crippen molar-refractivity contribution in [2.45, 2.75) is 38.1 Å². The fourth-order valence-corrected chi connectivity index (χ4v) is 2.33. The van der Waals surface area contributed by atoms with Crippen LogP contribution in [0.2, 0.25) is 0 Å². The predicted octanol–water partition coefficient (Wildman–Crippen LogP) is 1.42. The molecule has 1 saturated carbocycles. The lowest BCUT2D eigenvalue weighted by atomic mass is 9.84. The van der Waals surface area contributed by atoms with Gasteiger partial charge in [-0.1, -0.05) is 6.42 Å². The fraction of sp³-hybridized carbons (Fsp3) is 0.909. The second kappa shape index (κ2) is 5.71. The van der Waals surface area contributed by atoms with Gasteiger partial charge in [-0.3, -0.25) is 4.79 Å². The molecule has 1 amide bonds. The highest BCUT2D eigenvalue weighted by Crippen LogP contribution is 2.29. The first kappa shape index (κ1) is 12.8. The van der Waals surface area contributed by atoms with Gasteiger partial charge >= 0.3 is 0 Å². The highest BCUT2D eigenvalue weighted by atomic mass is 35.5. The number of nitrogens with one attached hydrogen (secondary N) is 1. The van der Waals surface area contributed by atoms with Crippen LogP contribution in [0.5, 0.6) is 0 Å². The van der Waals surface area contributed by atoms with E-state index in [1.54, 1.807) is 0 Å². The zero-order valence-corrected chi connectivity index (χ0v) is 10.2. The molecule has 1 heterocycles. The molecule has 1 saturated heterocycles. The van der Waals surface area contributed by atoms with E-state index < -0.39 is 0 Å². The van der Waals surface area contributed by atoms with Crippen LogP contribution in [0.4, 0.5) is 0 Å². The molecule has 2 fully saturated rings. The van der Waals surface area contributed by atoms with Gasteiger partial charge in [-0.15, -0.1) is 12.4 Å². The number of carbonyl (C=O) groups is 1. The normalized spacial score (nSPS) is 26.7. The van der Waals surface area contributed by atoms with Crippen molar-refractivity contribution in [2.75, 3.05) is 20.1 Å². The first-order valence-corrected chi connectivity index (χ1v) is 5.77. The van der Waals surface area contributed by atoms with Crippen molar-refractivity contribution in [3.63, 3.8) is 0 Å². The van der Waals surface area contributed by atoms with Crippen LogP contribution in [0.3, 0.4) is 0 Å². The molecular formula is C11H21ClN2O. The molecule has 2 aliphatic rings. The molecule has 1 atom stereocenters. The van der Waals surface area contributed by atoms with Crippen molar-refractivity contribution >= 4 is 18.3 Å². The summed E-state index contributed by atoms with van der Waals surface area (Å²) >= 11 is 0. The summed E-state index contributed by atoms with van der Waals surface area (Å²) < 4.78 is 0. The van der Waals surface area contributed by atoms with Crippen LogP contribution in [0, 0.1) is 5.92 Å². The number of amides is 1. The van der Waals surface area contributed by atoms with Gasteiger partial charge in [0.15, 0.2) is 0 Å². The first-order chi connectivity index (χ1) is 6.81. The maximum atomic E-state index is 11.9. The van der Waals surface area contributed by atoms with Crippen LogP contribution in [0.15, 0.2) is 0 Å². The number of likely N-dealkylation sites (N-methyl/N-ethyl adjacent to an activating group) is 1. The molecule has 1 N–H and O–H groups in total. The van der Waals surface area contributed by atoms with Crippen molar-refractivity contribution in [2.24, 2.45) is 5.92 Å². The quantitative estimate of drug-likeness (QED) is 0.781. The Hall–Kier alpha value is -0.280. The molecule has 0 bridgehead atoms. The SMILES string of the molecule is CN[C@H]1CCCN(C(=O)C2CCC2)C1.Cl. The maximum Gasteiger partial charge on any atom is 0.225 e. The average Bonchev–Trinajstić information content (AvgIpc) is 2.15. The van der Waals surface area contributed by atoms with E-state index in [0.717, 1.165) is 32.4 Å². The number of carbonyl (C=O) groups excluding carboxylic acids is 1. The predicted molar refractivity (Wildman–Crippen MR) is 63.3 cm³/mol. The summed E-state index contributed by atoms with van der Waals surface area (Å²) in [6.07, 6.45) is 5.87. The summed E-state index contributed by atoms with van der Waals surface area (Å²) in [5, 5.41) is 3.27. The van der Waals surface area contributed by atoms with E-state index in [1.165, 1.54) is 12.8 Å².